The highest BCUT2D eigenvalue weighted by atomic mass is 16.3. The van der Waals surface area contributed by atoms with E-state index >= 15 is 0 Å². The first-order chi connectivity index (χ1) is 8.35. The van der Waals surface area contributed by atoms with Crippen molar-refractivity contribution in [3.8, 4) is 0 Å². The highest BCUT2D eigenvalue weighted by Gasteiger charge is 2.34. The molecule has 0 spiro atoms. The van der Waals surface area contributed by atoms with Gasteiger partial charge in [-0.25, -0.2) is 0 Å². The lowest BCUT2D eigenvalue weighted by molar-refractivity contribution is 0.315. The summed E-state index contributed by atoms with van der Waals surface area (Å²) in [7, 11) is 0. The van der Waals surface area contributed by atoms with E-state index < -0.39 is 0 Å². The average molecular weight is 234 g/mol. The monoisotopic (exact) mass is 234 g/mol. The van der Waals surface area contributed by atoms with Gasteiger partial charge in [0, 0.05) is 31.6 Å². The summed E-state index contributed by atoms with van der Waals surface area (Å²) in [6.07, 6.45) is 5.12. The molecule has 1 aliphatic heterocycles. The molecule has 2 fully saturated rings. The summed E-state index contributed by atoms with van der Waals surface area (Å²) >= 11 is 0. The van der Waals surface area contributed by atoms with Crippen LogP contribution in [-0.4, -0.2) is 30.1 Å². The minimum atomic E-state index is 0.658. The van der Waals surface area contributed by atoms with Crippen LogP contribution >= 0.6 is 0 Å². The Balaban J connectivity index is 1.44. The Kier molecular flexibility index (Phi) is 3.21. The van der Waals surface area contributed by atoms with Gasteiger partial charge in [0.1, 0.15) is 11.5 Å². The van der Waals surface area contributed by atoms with Crippen molar-refractivity contribution in [3.05, 3.63) is 23.7 Å². The molecule has 2 aliphatic rings. The maximum Gasteiger partial charge on any atom is 0.117 e. The Morgan fingerprint density at radius 1 is 1.29 bits per heavy atom. The van der Waals surface area contributed by atoms with Gasteiger partial charge in [0.05, 0.1) is 6.54 Å². The van der Waals surface area contributed by atoms with Gasteiger partial charge in [0.2, 0.25) is 0 Å². The first-order valence-electron chi connectivity index (χ1n) is 6.90. The molecule has 3 heteroatoms. The predicted octanol–water partition coefficient (Wildman–Crippen LogP) is 2.17. The second-order valence-corrected chi connectivity index (χ2v) is 5.31. The highest BCUT2D eigenvalue weighted by molar-refractivity contribution is 5.07. The summed E-state index contributed by atoms with van der Waals surface area (Å²) < 4.78 is 5.70. The first-order valence-corrected chi connectivity index (χ1v) is 6.90. The molecule has 1 unspecified atom stereocenters. The van der Waals surface area contributed by atoms with E-state index in [1.807, 2.05) is 0 Å². The van der Waals surface area contributed by atoms with Crippen molar-refractivity contribution in [2.45, 2.75) is 51.2 Å². The molecule has 0 amide bonds. The molecular formula is C14H22N2O. The SMILES string of the molecule is CCc1ccc(CNC2CCN(C3CC3)C2)o1. The van der Waals surface area contributed by atoms with E-state index in [4.69, 9.17) is 4.42 Å². The second-order valence-electron chi connectivity index (χ2n) is 5.31. The maximum atomic E-state index is 5.70. The molecule has 2 heterocycles. The van der Waals surface area contributed by atoms with Gasteiger partial charge in [-0.15, -0.1) is 0 Å². The van der Waals surface area contributed by atoms with Gasteiger partial charge >= 0.3 is 0 Å². The van der Waals surface area contributed by atoms with E-state index in [9.17, 15) is 0 Å². The molecule has 0 radical (unpaired) electrons. The summed E-state index contributed by atoms with van der Waals surface area (Å²) in [4.78, 5) is 2.64. The molecule has 3 rings (SSSR count). The fourth-order valence-corrected chi connectivity index (χ4v) is 2.68. The number of hydrogen-bond donors (Lipinski definition) is 1. The molecule has 1 aromatic rings. The topological polar surface area (TPSA) is 28.4 Å². The summed E-state index contributed by atoms with van der Waals surface area (Å²) in [6, 6.07) is 5.75. The number of nitrogens with zero attached hydrogens (tertiary/aromatic N) is 1. The molecule has 17 heavy (non-hydrogen) atoms. The molecule has 0 bridgehead atoms. The van der Waals surface area contributed by atoms with Crippen LogP contribution in [0.4, 0.5) is 0 Å². The van der Waals surface area contributed by atoms with Gasteiger partial charge in [-0.2, -0.15) is 0 Å². The molecule has 94 valence electrons. The largest absolute Gasteiger partial charge is 0.465 e. The molecule has 0 aromatic carbocycles. The van der Waals surface area contributed by atoms with Crippen LogP contribution in [0.15, 0.2) is 16.5 Å². The van der Waals surface area contributed by atoms with Gasteiger partial charge in [-0.3, -0.25) is 4.90 Å². The normalized spacial score (nSPS) is 25.6. The fraction of sp³-hybridized carbons (Fsp3) is 0.714. The molecule has 1 N–H and O–H groups in total. The smallest absolute Gasteiger partial charge is 0.117 e. The highest BCUT2D eigenvalue weighted by Crippen LogP contribution is 2.29. The molecule has 3 nitrogen and oxygen atoms in total. The lowest BCUT2D eigenvalue weighted by atomic mass is 10.2. The summed E-state index contributed by atoms with van der Waals surface area (Å²) in [6.45, 7) is 5.51. The van der Waals surface area contributed by atoms with Crippen LogP contribution in [0.25, 0.3) is 0 Å². The van der Waals surface area contributed by atoms with E-state index in [1.54, 1.807) is 0 Å². The Hall–Kier alpha value is -0.800. The van der Waals surface area contributed by atoms with E-state index in [1.165, 1.54) is 32.4 Å². The molecule has 1 saturated heterocycles. The van der Waals surface area contributed by atoms with E-state index in [2.05, 4.69) is 29.3 Å². The van der Waals surface area contributed by atoms with Gasteiger partial charge < -0.3 is 9.73 Å². The van der Waals surface area contributed by atoms with Crippen molar-refractivity contribution >= 4 is 0 Å². The Labute approximate surface area is 103 Å². The summed E-state index contributed by atoms with van der Waals surface area (Å²) in [5.41, 5.74) is 0. The summed E-state index contributed by atoms with van der Waals surface area (Å²) in [5.74, 6) is 2.17. The zero-order valence-electron chi connectivity index (χ0n) is 10.6. The molecule has 1 aromatic heterocycles. The van der Waals surface area contributed by atoms with Crippen LogP contribution in [-0.2, 0) is 13.0 Å². The lowest BCUT2D eigenvalue weighted by Crippen LogP contribution is -2.32. The van der Waals surface area contributed by atoms with Crippen LogP contribution in [0.3, 0.4) is 0 Å². The van der Waals surface area contributed by atoms with Crippen LogP contribution in [0.1, 0.15) is 37.7 Å². The molecule has 1 aliphatic carbocycles. The maximum absolute atomic E-state index is 5.70. The standard InChI is InChI=1S/C14H22N2O/c1-2-13-5-6-14(17-13)9-15-11-7-8-16(10-11)12-3-4-12/h5-6,11-12,15H,2-4,7-10H2,1H3. The predicted molar refractivity (Wildman–Crippen MR) is 67.9 cm³/mol. The van der Waals surface area contributed by atoms with Crippen LogP contribution in [0, 0.1) is 0 Å². The third-order valence-electron chi connectivity index (χ3n) is 3.91. The van der Waals surface area contributed by atoms with Gasteiger partial charge in [-0.1, -0.05) is 6.92 Å². The third kappa shape index (κ3) is 2.72. The van der Waals surface area contributed by atoms with Crippen LogP contribution < -0.4 is 5.32 Å². The van der Waals surface area contributed by atoms with Gasteiger partial charge in [-0.05, 0) is 31.4 Å². The van der Waals surface area contributed by atoms with Crippen LogP contribution in [0.2, 0.25) is 0 Å². The second kappa shape index (κ2) is 4.83. The Morgan fingerprint density at radius 3 is 2.82 bits per heavy atom. The number of nitrogens with one attached hydrogen (secondary N) is 1. The van der Waals surface area contributed by atoms with Gasteiger partial charge in [0.25, 0.3) is 0 Å². The van der Waals surface area contributed by atoms with E-state index in [-0.39, 0.29) is 0 Å². The average Bonchev–Trinajstić information content (AvgIpc) is 2.93. The molecular weight excluding hydrogens is 212 g/mol. The number of aryl methyl sites for hydroxylation is 1. The Morgan fingerprint density at radius 2 is 2.12 bits per heavy atom. The van der Waals surface area contributed by atoms with E-state index in [0.717, 1.165) is 30.5 Å². The van der Waals surface area contributed by atoms with Crippen LogP contribution in [0.5, 0.6) is 0 Å². The summed E-state index contributed by atoms with van der Waals surface area (Å²) in [5, 5.41) is 3.61. The van der Waals surface area contributed by atoms with Crippen molar-refractivity contribution in [1.29, 1.82) is 0 Å². The number of furan rings is 1. The fourth-order valence-electron chi connectivity index (χ4n) is 2.68. The lowest BCUT2D eigenvalue weighted by Gasteiger charge is -2.15. The zero-order valence-corrected chi connectivity index (χ0v) is 10.6. The number of rotatable bonds is 5. The van der Waals surface area contributed by atoms with Crippen molar-refractivity contribution in [2.75, 3.05) is 13.1 Å². The first kappa shape index (κ1) is 11.3. The Bertz CT molecular complexity index is 370. The minimum Gasteiger partial charge on any atom is -0.465 e. The quantitative estimate of drug-likeness (QED) is 0.846. The van der Waals surface area contributed by atoms with E-state index in [0.29, 0.717) is 6.04 Å². The van der Waals surface area contributed by atoms with Crippen molar-refractivity contribution in [1.82, 2.24) is 10.2 Å². The zero-order chi connectivity index (χ0) is 11.7. The number of likely N-dealkylation sites (tertiary alicyclic amines) is 1. The van der Waals surface area contributed by atoms with Crippen molar-refractivity contribution in [3.63, 3.8) is 0 Å². The molecule has 1 atom stereocenters. The number of hydrogen-bond acceptors (Lipinski definition) is 3. The third-order valence-corrected chi connectivity index (χ3v) is 3.91. The van der Waals surface area contributed by atoms with Gasteiger partial charge in [0.15, 0.2) is 0 Å². The van der Waals surface area contributed by atoms with Crippen molar-refractivity contribution < 1.29 is 4.42 Å². The van der Waals surface area contributed by atoms with Crippen molar-refractivity contribution in [2.24, 2.45) is 0 Å². The molecule has 1 saturated carbocycles. The minimum absolute atomic E-state index is 0.658.